The third-order valence-corrected chi connectivity index (χ3v) is 2.89. The molecule has 0 amide bonds. The van der Waals surface area contributed by atoms with E-state index in [2.05, 4.69) is 25.6 Å². The Kier molecular flexibility index (Phi) is 3.18. The molecule has 0 spiro atoms. The molecule has 7 heteroatoms. The van der Waals surface area contributed by atoms with Crippen LogP contribution in [0.25, 0.3) is 11.3 Å². The summed E-state index contributed by atoms with van der Waals surface area (Å²) in [6, 6.07) is 5.53. The van der Waals surface area contributed by atoms with Gasteiger partial charge in [0.2, 0.25) is 5.76 Å². The van der Waals surface area contributed by atoms with Crippen LogP contribution in [0.15, 0.2) is 33.3 Å². The van der Waals surface area contributed by atoms with E-state index in [1.165, 1.54) is 0 Å². The van der Waals surface area contributed by atoms with Gasteiger partial charge in [-0.2, -0.15) is 13.2 Å². The zero-order valence-corrected chi connectivity index (χ0v) is 10.4. The molecular formula is C10H4BrClF3NO. The summed E-state index contributed by atoms with van der Waals surface area (Å²) in [7, 11) is 0. The lowest BCUT2D eigenvalue weighted by Crippen LogP contribution is -2.02. The molecule has 0 atom stereocenters. The van der Waals surface area contributed by atoms with Gasteiger partial charge < -0.3 is 4.52 Å². The fourth-order valence-electron chi connectivity index (χ4n) is 1.23. The average Bonchev–Trinajstić information content (AvgIpc) is 2.65. The van der Waals surface area contributed by atoms with Gasteiger partial charge in [0.25, 0.3) is 0 Å². The summed E-state index contributed by atoms with van der Waals surface area (Å²) < 4.78 is 41.7. The number of rotatable bonds is 1. The topological polar surface area (TPSA) is 26.0 Å². The Morgan fingerprint density at radius 3 is 2.47 bits per heavy atom. The molecule has 1 heterocycles. The van der Waals surface area contributed by atoms with Crippen molar-refractivity contribution in [2.45, 2.75) is 6.18 Å². The Morgan fingerprint density at radius 2 is 1.94 bits per heavy atom. The van der Waals surface area contributed by atoms with Crippen molar-refractivity contribution >= 4 is 27.5 Å². The summed E-state index contributed by atoms with van der Waals surface area (Å²) in [5.74, 6) is -1.13. The van der Waals surface area contributed by atoms with Crippen LogP contribution in [0.3, 0.4) is 0 Å². The maximum Gasteiger partial charge on any atom is 0.452 e. The third-order valence-electron chi connectivity index (χ3n) is 2.00. The van der Waals surface area contributed by atoms with Crippen molar-refractivity contribution in [3.05, 3.63) is 39.5 Å². The number of benzene rings is 1. The predicted octanol–water partition coefficient (Wildman–Crippen LogP) is 4.78. The van der Waals surface area contributed by atoms with Gasteiger partial charge in [0, 0.05) is 21.1 Å². The van der Waals surface area contributed by atoms with Crippen LogP contribution in [0, 0.1) is 0 Å². The first-order chi connectivity index (χ1) is 7.88. The maximum absolute atomic E-state index is 12.3. The van der Waals surface area contributed by atoms with Gasteiger partial charge in [-0.25, -0.2) is 0 Å². The first-order valence-corrected chi connectivity index (χ1v) is 5.54. The van der Waals surface area contributed by atoms with E-state index in [0.29, 0.717) is 15.1 Å². The first kappa shape index (κ1) is 12.4. The molecular weight excluding hydrogens is 322 g/mol. The molecule has 1 aromatic carbocycles. The predicted molar refractivity (Wildman–Crippen MR) is 59.7 cm³/mol. The molecule has 0 radical (unpaired) electrons. The zero-order chi connectivity index (χ0) is 12.6. The number of alkyl halides is 3. The molecule has 0 aliphatic carbocycles. The summed E-state index contributed by atoms with van der Waals surface area (Å²) in [5, 5.41) is 3.85. The Balaban J connectivity index is 2.44. The molecule has 0 aliphatic rings. The van der Waals surface area contributed by atoms with E-state index in [0.717, 1.165) is 6.07 Å². The molecule has 0 unspecified atom stereocenters. The molecule has 90 valence electrons. The Morgan fingerprint density at radius 1 is 1.24 bits per heavy atom. The van der Waals surface area contributed by atoms with E-state index in [9.17, 15) is 13.2 Å². The number of nitrogens with zero attached hydrogens (tertiary/aromatic N) is 1. The number of aromatic nitrogens is 1. The van der Waals surface area contributed by atoms with E-state index in [4.69, 9.17) is 11.6 Å². The molecule has 1 aromatic heterocycles. The second kappa shape index (κ2) is 4.34. The smallest absolute Gasteiger partial charge is 0.351 e. The molecule has 0 saturated heterocycles. The summed E-state index contributed by atoms with van der Waals surface area (Å²) in [6.45, 7) is 0. The van der Waals surface area contributed by atoms with Crippen molar-refractivity contribution in [2.75, 3.05) is 0 Å². The second-order valence-corrected chi connectivity index (χ2v) is 4.49. The van der Waals surface area contributed by atoms with Crippen molar-refractivity contribution in [2.24, 2.45) is 0 Å². The molecule has 2 aromatic rings. The monoisotopic (exact) mass is 325 g/mol. The van der Waals surface area contributed by atoms with Gasteiger partial charge in [-0.1, -0.05) is 38.8 Å². The van der Waals surface area contributed by atoms with Gasteiger partial charge in [-0.15, -0.1) is 0 Å². The van der Waals surface area contributed by atoms with E-state index in [1.54, 1.807) is 18.2 Å². The second-order valence-electron chi connectivity index (χ2n) is 3.20. The largest absolute Gasteiger partial charge is 0.452 e. The van der Waals surface area contributed by atoms with Crippen LogP contribution in [0.1, 0.15) is 5.76 Å². The minimum Gasteiger partial charge on any atom is -0.351 e. The quantitative estimate of drug-likeness (QED) is 0.754. The summed E-state index contributed by atoms with van der Waals surface area (Å²) in [6.07, 6.45) is -4.54. The number of hydrogen-bond acceptors (Lipinski definition) is 2. The molecule has 17 heavy (non-hydrogen) atoms. The van der Waals surface area contributed by atoms with E-state index in [1.807, 2.05) is 0 Å². The highest BCUT2D eigenvalue weighted by atomic mass is 79.9. The summed E-state index contributed by atoms with van der Waals surface area (Å²) in [5.41, 5.74) is 0.578. The molecule has 0 bridgehead atoms. The van der Waals surface area contributed by atoms with Crippen LogP contribution in [0.4, 0.5) is 13.2 Å². The van der Waals surface area contributed by atoms with Crippen LogP contribution in [0.5, 0.6) is 0 Å². The Labute approximate surface area is 107 Å². The summed E-state index contributed by atoms with van der Waals surface area (Å²) >= 11 is 8.92. The fraction of sp³-hybridized carbons (Fsp3) is 0.100. The minimum absolute atomic E-state index is 0.0980. The van der Waals surface area contributed by atoms with Crippen molar-refractivity contribution in [3.8, 4) is 11.3 Å². The molecule has 0 N–H and O–H groups in total. The average molecular weight is 326 g/mol. The van der Waals surface area contributed by atoms with E-state index >= 15 is 0 Å². The standard InChI is InChI=1S/C10H4BrClF3NO/c11-7-3-5(12)1-2-6(7)8-4-9(17-16-8)10(13,14)15/h1-4H. The van der Waals surface area contributed by atoms with Crippen molar-refractivity contribution in [1.29, 1.82) is 0 Å². The lowest BCUT2D eigenvalue weighted by Gasteiger charge is -2.00. The SMILES string of the molecule is FC(F)(F)c1cc(-c2ccc(Cl)cc2Br)no1. The summed E-state index contributed by atoms with van der Waals surface area (Å²) in [4.78, 5) is 0. The zero-order valence-electron chi connectivity index (χ0n) is 8.05. The van der Waals surface area contributed by atoms with E-state index in [-0.39, 0.29) is 5.69 Å². The van der Waals surface area contributed by atoms with Gasteiger partial charge in [0.1, 0.15) is 5.69 Å². The lowest BCUT2D eigenvalue weighted by molar-refractivity contribution is -0.155. The Bertz CT molecular complexity index is 553. The van der Waals surface area contributed by atoms with Gasteiger partial charge in [0.05, 0.1) is 0 Å². The van der Waals surface area contributed by atoms with Crippen LogP contribution in [-0.2, 0) is 6.18 Å². The van der Waals surface area contributed by atoms with Crippen molar-refractivity contribution in [1.82, 2.24) is 5.16 Å². The highest BCUT2D eigenvalue weighted by Gasteiger charge is 2.36. The third kappa shape index (κ3) is 2.63. The van der Waals surface area contributed by atoms with Crippen LogP contribution in [0.2, 0.25) is 5.02 Å². The number of hydrogen-bond donors (Lipinski definition) is 0. The van der Waals surface area contributed by atoms with Gasteiger partial charge >= 0.3 is 6.18 Å². The molecule has 2 rings (SSSR count). The maximum atomic E-state index is 12.3. The normalized spacial score (nSPS) is 11.8. The highest BCUT2D eigenvalue weighted by Crippen LogP contribution is 2.35. The lowest BCUT2D eigenvalue weighted by atomic mass is 10.1. The number of halogens is 5. The van der Waals surface area contributed by atoms with Gasteiger partial charge in [-0.3, -0.25) is 0 Å². The first-order valence-electron chi connectivity index (χ1n) is 4.37. The van der Waals surface area contributed by atoms with Crippen molar-refractivity contribution < 1.29 is 17.7 Å². The Hall–Kier alpha value is -1.01. The van der Waals surface area contributed by atoms with Crippen LogP contribution < -0.4 is 0 Å². The van der Waals surface area contributed by atoms with Gasteiger partial charge in [0.15, 0.2) is 0 Å². The van der Waals surface area contributed by atoms with Crippen LogP contribution in [-0.4, -0.2) is 5.16 Å². The molecule has 0 saturated carbocycles. The van der Waals surface area contributed by atoms with E-state index < -0.39 is 11.9 Å². The van der Waals surface area contributed by atoms with Gasteiger partial charge in [-0.05, 0) is 12.1 Å². The highest BCUT2D eigenvalue weighted by molar-refractivity contribution is 9.10. The fourth-order valence-corrected chi connectivity index (χ4v) is 2.12. The van der Waals surface area contributed by atoms with Crippen molar-refractivity contribution in [3.63, 3.8) is 0 Å². The minimum atomic E-state index is -4.54. The van der Waals surface area contributed by atoms with Crippen LogP contribution >= 0.6 is 27.5 Å². The molecule has 0 fully saturated rings. The molecule has 2 nitrogen and oxygen atoms in total. The molecule has 0 aliphatic heterocycles.